The number of carbonyl (C=O) groups is 1. The fourth-order valence-electron chi connectivity index (χ4n) is 0.699. The topological polar surface area (TPSA) is 54.3 Å². The van der Waals surface area contributed by atoms with Crippen LogP contribution in [0.1, 0.15) is 6.92 Å². The lowest BCUT2D eigenvalue weighted by Gasteiger charge is -2.10. The maximum absolute atomic E-state index is 10.3. The monoisotopic (exact) mass is 154 g/mol. The van der Waals surface area contributed by atoms with Gasteiger partial charge in [-0.3, -0.25) is 4.68 Å². The molecule has 1 aromatic rings. The van der Waals surface area contributed by atoms with Crippen LogP contribution in [0.25, 0.3) is 0 Å². The van der Waals surface area contributed by atoms with Crippen LogP contribution in [0.5, 0.6) is 0 Å². The normalized spacial score (nSPS) is 12.5. The highest BCUT2D eigenvalue weighted by Gasteiger charge is 2.08. The zero-order valence-electron chi connectivity index (χ0n) is 6.19. The van der Waals surface area contributed by atoms with Crippen molar-refractivity contribution in [3.63, 3.8) is 0 Å². The molecule has 0 amide bonds. The number of carboxylic acids is 1. The summed E-state index contributed by atoms with van der Waals surface area (Å²) in [4.78, 5) is 10.3. The average molecular weight is 154 g/mol. The van der Waals surface area contributed by atoms with Crippen LogP contribution in [0.2, 0.25) is 0 Å². The summed E-state index contributed by atoms with van der Waals surface area (Å²) >= 11 is 0. The third-order valence-electron chi connectivity index (χ3n) is 1.32. The Bertz CT molecular complexity index is 231. The van der Waals surface area contributed by atoms with Gasteiger partial charge in [-0.05, 0) is 19.1 Å². The highest BCUT2D eigenvalue weighted by Crippen LogP contribution is 1.89. The summed E-state index contributed by atoms with van der Waals surface area (Å²) in [6.45, 7) is 1.59. The number of rotatable bonds is 3. The number of hydrogen-bond donors (Lipinski definition) is 2. The van der Waals surface area contributed by atoms with Crippen molar-refractivity contribution in [2.24, 2.45) is 0 Å². The van der Waals surface area contributed by atoms with Crippen molar-refractivity contribution in [1.82, 2.24) is 4.68 Å². The Labute approximate surface area is 64.4 Å². The molecule has 1 heterocycles. The van der Waals surface area contributed by atoms with E-state index in [0.29, 0.717) is 0 Å². The lowest BCUT2D eigenvalue weighted by atomic mass is 10.4. The van der Waals surface area contributed by atoms with Crippen LogP contribution in [-0.2, 0) is 4.79 Å². The zero-order valence-corrected chi connectivity index (χ0v) is 6.19. The van der Waals surface area contributed by atoms with Crippen molar-refractivity contribution in [3.8, 4) is 0 Å². The van der Waals surface area contributed by atoms with E-state index in [9.17, 15) is 4.79 Å². The first-order valence-electron chi connectivity index (χ1n) is 3.32. The van der Waals surface area contributed by atoms with Crippen molar-refractivity contribution in [3.05, 3.63) is 24.5 Å². The maximum atomic E-state index is 10.3. The lowest BCUT2D eigenvalue weighted by molar-refractivity contribution is -0.137. The van der Waals surface area contributed by atoms with E-state index in [0.717, 1.165) is 0 Å². The van der Waals surface area contributed by atoms with Crippen molar-refractivity contribution in [2.75, 3.05) is 5.43 Å². The zero-order chi connectivity index (χ0) is 8.27. The van der Waals surface area contributed by atoms with Crippen LogP contribution in [0.3, 0.4) is 0 Å². The first kappa shape index (κ1) is 7.65. The second-order valence-corrected chi connectivity index (χ2v) is 2.28. The van der Waals surface area contributed by atoms with Gasteiger partial charge in [0.2, 0.25) is 0 Å². The van der Waals surface area contributed by atoms with Gasteiger partial charge in [0.15, 0.2) is 0 Å². The molecule has 0 aliphatic carbocycles. The molecule has 0 unspecified atom stereocenters. The van der Waals surface area contributed by atoms with Crippen molar-refractivity contribution < 1.29 is 9.90 Å². The molecule has 0 fully saturated rings. The van der Waals surface area contributed by atoms with Gasteiger partial charge >= 0.3 is 5.97 Å². The quantitative estimate of drug-likeness (QED) is 0.666. The Morgan fingerprint density at radius 2 is 2.09 bits per heavy atom. The van der Waals surface area contributed by atoms with Crippen LogP contribution in [0.4, 0.5) is 0 Å². The lowest BCUT2D eigenvalue weighted by Crippen LogP contribution is -2.31. The molecule has 0 saturated heterocycles. The molecule has 4 nitrogen and oxygen atoms in total. The number of nitrogens with zero attached hydrogens (tertiary/aromatic N) is 1. The minimum absolute atomic E-state index is 0.567. The number of hydrogen-bond acceptors (Lipinski definition) is 2. The number of aromatic nitrogens is 1. The van der Waals surface area contributed by atoms with Gasteiger partial charge in [0.25, 0.3) is 0 Å². The minimum atomic E-state index is -0.862. The SMILES string of the molecule is C[C@H](Nn1cccc1)C(=O)O. The highest BCUT2D eigenvalue weighted by molar-refractivity contribution is 5.74. The predicted molar refractivity (Wildman–Crippen MR) is 40.9 cm³/mol. The second kappa shape index (κ2) is 3.09. The van der Waals surface area contributed by atoms with E-state index in [4.69, 9.17) is 5.11 Å². The summed E-state index contributed by atoms with van der Waals surface area (Å²) in [7, 11) is 0. The molecular weight excluding hydrogens is 144 g/mol. The Morgan fingerprint density at radius 3 is 2.55 bits per heavy atom. The summed E-state index contributed by atoms with van der Waals surface area (Å²) < 4.78 is 1.61. The van der Waals surface area contributed by atoms with Crippen LogP contribution in [-0.4, -0.2) is 21.8 Å². The molecule has 0 bridgehead atoms. The molecule has 11 heavy (non-hydrogen) atoms. The van der Waals surface area contributed by atoms with Crippen molar-refractivity contribution in [2.45, 2.75) is 13.0 Å². The van der Waals surface area contributed by atoms with Gasteiger partial charge in [-0.2, -0.15) is 0 Å². The summed E-state index contributed by atoms with van der Waals surface area (Å²) in [6, 6.07) is 3.07. The molecule has 0 aliphatic heterocycles. The Kier molecular flexibility index (Phi) is 2.15. The third kappa shape index (κ3) is 2.00. The molecule has 4 heteroatoms. The van der Waals surface area contributed by atoms with E-state index in [1.807, 2.05) is 12.1 Å². The first-order valence-corrected chi connectivity index (χ1v) is 3.32. The van der Waals surface area contributed by atoms with Gasteiger partial charge in [-0.15, -0.1) is 0 Å². The minimum Gasteiger partial charge on any atom is -0.480 e. The summed E-state index contributed by atoms with van der Waals surface area (Å²) in [6.07, 6.45) is 3.50. The smallest absolute Gasteiger partial charge is 0.327 e. The largest absolute Gasteiger partial charge is 0.480 e. The summed E-state index contributed by atoms with van der Waals surface area (Å²) in [5.74, 6) is -0.862. The van der Waals surface area contributed by atoms with Gasteiger partial charge in [-0.25, -0.2) is 4.79 Å². The average Bonchev–Trinajstić information content (AvgIpc) is 2.39. The Balaban J connectivity index is 2.50. The van der Waals surface area contributed by atoms with Gasteiger partial charge in [0, 0.05) is 12.4 Å². The number of carboxylic acid groups (broad SMARTS) is 1. The Morgan fingerprint density at radius 1 is 1.55 bits per heavy atom. The predicted octanol–water partition coefficient (Wildman–Crippen LogP) is 0.505. The molecule has 0 aromatic carbocycles. The van der Waals surface area contributed by atoms with Crippen LogP contribution in [0.15, 0.2) is 24.5 Å². The Hall–Kier alpha value is -1.45. The number of aliphatic carboxylic acids is 1. The van der Waals surface area contributed by atoms with Crippen LogP contribution in [0, 0.1) is 0 Å². The fraction of sp³-hybridized carbons (Fsp3) is 0.286. The molecule has 1 atom stereocenters. The second-order valence-electron chi connectivity index (χ2n) is 2.28. The fourth-order valence-corrected chi connectivity index (χ4v) is 0.699. The van der Waals surface area contributed by atoms with Gasteiger partial charge in [0.1, 0.15) is 6.04 Å². The maximum Gasteiger partial charge on any atom is 0.327 e. The standard InChI is InChI=1S/C7H10N2O2/c1-6(7(10)11)8-9-4-2-3-5-9/h2-6,8H,1H3,(H,10,11)/t6-/m0/s1. The molecule has 0 spiro atoms. The van der Waals surface area contributed by atoms with E-state index in [2.05, 4.69) is 5.43 Å². The van der Waals surface area contributed by atoms with Crippen LogP contribution < -0.4 is 5.43 Å². The molecule has 1 aromatic heterocycles. The molecule has 0 saturated carbocycles. The van der Waals surface area contributed by atoms with Crippen LogP contribution >= 0.6 is 0 Å². The van der Waals surface area contributed by atoms with E-state index < -0.39 is 12.0 Å². The third-order valence-corrected chi connectivity index (χ3v) is 1.32. The molecule has 0 aliphatic rings. The number of nitrogens with one attached hydrogen (secondary N) is 1. The summed E-state index contributed by atoms with van der Waals surface area (Å²) in [5, 5.41) is 8.50. The van der Waals surface area contributed by atoms with E-state index in [1.54, 1.807) is 24.0 Å². The molecule has 0 radical (unpaired) electrons. The van der Waals surface area contributed by atoms with Crippen molar-refractivity contribution in [1.29, 1.82) is 0 Å². The molecular formula is C7H10N2O2. The van der Waals surface area contributed by atoms with E-state index in [1.165, 1.54) is 0 Å². The van der Waals surface area contributed by atoms with Gasteiger partial charge in [-0.1, -0.05) is 0 Å². The van der Waals surface area contributed by atoms with Gasteiger partial charge in [0.05, 0.1) is 0 Å². The molecule has 2 N–H and O–H groups in total. The van der Waals surface area contributed by atoms with E-state index in [-0.39, 0.29) is 0 Å². The van der Waals surface area contributed by atoms with Crippen molar-refractivity contribution >= 4 is 5.97 Å². The van der Waals surface area contributed by atoms with Gasteiger partial charge < -0.3 is 10.5 Å². The first-order chi connectivity index (χ1) is 5.20. The molecule has 1 rings (SSSR count). The van der Waals surface area contributed by atoms with E-state index >= 15 is 0 Å². The highest BCUT2D eigenvalue weighted by atomic mass is 16.4. The summed E-state index contributed by atoms with van der Waals surface area (Å²) in [5.41, 5.74) is 2.74. The molecule has 60 valence electrons.